The molecule has 0 fully saturated rings. The van der Waals surface area contributed by atoms with Gasteiger partial charge in [0, 0.05) is 4.47 Å². The average Bonchev–Trinajstić information content (AvgIpc) is 2.37. The number of benzene rings is 2. The molecule has 0 saturated carbocycles. The third kappa shape index (κ3) is 3.04. The minimum atomic E-state index is -0.565. The molecule has 0 aromatic heterocycles. The minimum Gasteiger partial charge on any atom is -0.453 e. The molecule has 20 heavy (non-hydrogen) atoms. The van der Waals surface area contributed by atoms with E-state index in [0.29, 0.717) is 10.0 Å². The third-order valence-electron chi connectivity index (χ3n) is 2.75. The van der Waals surface area contributed by atoms with Crippen LogP contribution in [0.4, 0.5) is 8.78 Å². The molecule has 0 aliphatic rings. The molecule has 2 nitrogen and oxygen atoms in total. The standard InChI is InChI=1S/C15H11BrF2O2/c1-8-5-14(11(9(2)19)7-13(8)18)20-15-6-10(16)3-4-12(15)17/h3-7H,1-2H3. The molecular formula is C15H11BrF2O2. The maximum atomic E-state index is 13.7. The maximum Gasteiger partial charge on any atom is 0.165 e. The highest BCUT2D eigenvalue weighted by atomic mass is 79.9. The van der Waals surface area contributed by atoms with Crippen LogP contribution in [0.15, 0.2) is 34.8 Å². The smallest absolute Gasteiger partial charge is 0.165 e. The zero-order chi connectivity index (χ0) is 14.9. The lowest BCUT2D eigenvalue weighted by atomic mass is 10.1. The molecule has 0 N–H and O–H groups in total. The Bertz CT molecular complexity index is 684. The summed E-state index contributed by atoms with van der Waals surface area (Å²) in [5, 5.41) is 0. The van der Waals surface area contributed by atoms with Crippen LogP contribution in [-0.2, 0) is 0 Å². The Balaban J connectivity index is 2.50. The number of ketones is 1. The van der Waals surface area contributed by atoms with Gasteiger partial charge < -0.3 is 4.74 Å². The van der Waals surface area contributed by atoms with Crippen LogP contribution in [0.25, 0.3) is 0 Å². The predicted molar refractivity (Wildman–Crippen MR) is 75.3 cm³/mol. The molecular weight excluding hydrogens is 330 g/mol. The molecule has 2 rings (SSSR count). The fourth-order valence-corrected chi connectivity index (χ4v) is 2.03. The number of halogens is 3. The van der Waals surface area contributed by atoms with Gasteiger partial charge in [0.2, 0.25) is 0 Å². The summed E-state index contributed by atoms with van der Waals surface area (Å²) in [4.78, 5) is 11.5. The Morgan fingerprint density at radius 1 is 1.10 bits per heavy atom. The topological polar surface area (TPSA) is 26.3 Å². The van der Waals surface area contributed by atoms with Gasteiger partial charge in [-0.15, -0.1) is 0 Å². The van der Waals surface area contributed by atoms with Gasteiger partial charge >= 0.3 is 0 Å². The van der Waals surface area contributed by atoms with Crippen LogP contribution in [0.2, 0.25) is 0 Å². The second-order valence-electron chi connectivity index (χ2n) is 4.33. The zero-order valence-corrected chi connectivity index (χ0v) is 12.4. The molecule has 0 radical (unpaired) electrons. The van der Waals surface area contributed by atoms with Gasteiger partial charge in [0.25, 0.3) is 0 Å². The lowest BCUT2D eigenvalue weighted by molar-refractivity contribution is 0.101. The first-order valence-electron chi connectivity index (χ1n) is 5.82. The van der Waals surface area contributed by atoms with Crippen molar-refractivity contribution in [2.24, 2.45) is 0 Å². The lowest BCUT2D eigenvalue weighted by Crippen LogP contribution is -2.00. The van der Waals surface area contributed by atoms with Gasteiger partial charge in [0.05, 0.1) is 5.56 Å². The second-order valence-corrected chi connectivity index (χ2v) is 5.25. The molecule has 2 aromatic carbocycles. The number of aryl methyl sites for hydroxylation is 1. The summed E-state index contributed by atoms with van der Waals surface area (Å²) >= 11 is 3.21. The van der Waals surface area contributed by atoms with E-state index in [1.807, 2.05) is 0 Å². The van der Waals surface area contributed by atoms with Crippen molar-refractivity contribution in [1.82, 2.24) is 0 Å². The van der Waals surface area contributed by atoms with E-state index >= 15 is 0 Å². The van der Waals surface area contributed by atoms with Gasteiger partial charge in [-0.1, -0.05) is 15.9 Å². The van der Waals surface area contributed by atoms with E-state index < -0.39 is 11.6 Å². The summed E-state index contributed by atoms with van der Waals surface area (Å²) in [6.07, 6.45) is 0. The summed E-state index contributed by atoms with van der Waals surface area (Å²) in [5.41, 5.74) is 0.396. The highest BCUT2D eigenvalue weighted by molar-refractivity contribution is 9.10. The van der Waals surface area contributed by atoms with Crippen molar-refractivity contribution in [2.45, 2.75) is 13.8 Å². The van der Waals surface area contributed by atoms with Crippen molar-refractivity contribution in [3.05, 3.63) is 57.6 Å². The molecule has 5 heteroatoms. The Morgan fingerprint density at radius 3 is 2.45 bits per heavy atom. The number of rotatable bonds is 3. The van der Waals surface area contributed by atoms with Crippen LogP contribution in [0.5, 0.6) is 11.5 Å². The summed E-state index contributed by atoms with van der Waals surface area (Å²) in [7, 11) is 0. The van der Waals surface area contributed by atoms with Crippen LogP contribution in [0.1, 0.15) is 22.8 Å². The summed E-state index contributed by atoms with van der Waals surface area (Å²) < 4.78 is 33.2. The van der Waals surface area contributed by atoms with Gasteiger partial charge in [-0.05, 0) is 49.7 Å². The fraction of sp³-hybridized carbons (Fsp3) is 0.133. The van der Waals surface area contributed by atoms with E-state index in [9.17, 15) is 13.6 Å². The van der Waals surface area contributed by atoms with E-state index in [2.05, 4.69) is 15.9 Å². The van der Waals surface area contributed by atoms with E-state index in [0.717, 1.165) is 6.07 Å². The van der Waals surface area contributed by atoms with E-state index in [1.165, 1.54) is 31.2 Å². The predicted octanol–water partition coefficient (Wildman–Crippen LogP) is 5.03. The molecule has 0 atom stereocenters. The van der Waals surface area contributed by atoms with E-state index in [-0.39, 0.29) is 22.8 Å². The Hall–Kier alpha value is -1.75. The van der Waals surface area contributed by atoms with E-state index in [1.54, 1.807) is 6.92 Å². The number of carbonyl (C=O) groups is 1. The third-order valence-corrected chi connectivity index (χ3v) is 3.25. The Morgan fingerprint density at radius 2 is 1.80 bits per heavy atom. The van der Waals surface area contributed by atoms with Crippen molar-refractivity contribution in [2.75, 3.05) is 0 Å². The lowest BCUT2D eigenvalue weighted by Gasteiger charge is -2.12. The van der Waals surface area contributed by atoms with Crippen LogP contribution in [-0.4, -0.2) is 5.78 Å². The highest BCUT2D eigenvalue weighted by Crippen LogP contribution is 2.31. The largest absolute Gasteiger partial charge is 0.453 e. The van der Waals surface area contributed by atoms with Crippen LogP contribution < -0.4 is 4.74 Å². The van der Waals surface area contributed by atoms with Crippen LogP contribution in [0, 0.1) is 18.6 Å². The minimum absolute atomic E-state index is 0.0344. The first-order valence-corrected chi connectivity index (χ1v) is 6.62. The molecule has 0 amide bonds. The van der Waals surface area contributed by atoms with Crippen molar-refractivity contribution in [3.8, 4) is 11.5 Å². The van der Waals surface area contributed by atoms with Crippen molar-refractivity contribution in [3.63, 3.8) is 0 Å². The van der Waals surface area contributed by atoms with Gasteiger partial charge in [0.15, 0.2) is 17.3 Å². The molecule has 0 spiro atoms. The van der Waals surface area contributed by atoms with Gasteiger partial charge in [-0.2, -0.15) is 0 Å². The van der Waals surface area contributed by atoms with E-state index in [4.69, 9.17) is 4.74 Å². The summed E-state index contributed by atoms with van der Waals surface area (Å²) in [5.74, 6) is -1.32. The molecule has 0 heterocycles. The number of hydrogen-bond donors (Lipinski definition) is 0. The molecule has 0 saturated heterocycles. The summed E-state index contributed by atoms with van der Waals surface area (Å²) in [6.45, 7) is 2.84. The van der Waals surface area contributed by atoms with Crippen LogP contribution >= 0.6 is 15.9 Å². The summed E-state index contributed by atoms with van der Waals surface area (Å²) in [6, 6.07) is 6.69. The van der Waals surface area contributed by atoms with Crippen LogP contribution in [0.3, 0.4) is 0 Å². The fourth-order valence-electron chi connectivity index (χ4n) is 1.69. The highest BCUT2D eigenvalue weighted by Gasteiger charge is 2.15. The van der Waals surface area contributed by atoms with Crippen molar-refractivity contribution < 1.29 is 18.3 Å². The number of carbonyl (C=O) groups excluding carboxylic acids is 1. The number of hydrogen-bond acceptors (Lipinski definition) is 2. The Kier molecular flexibility index (Phi) is 4.18. The molecule has 104 valence electrons. The first-order chi connectivity index (χ1) is 9.38. The monoisotopic (exact) mass is 340 g/mol. The normalized spacial score (nSPS) is 10.4. The molecule has 0 unspecified atom stereocenters. The quantitative estimate of drug-likeness (QED) is 0.732. The average molecular weight is 341 g/mol. The molecule has 0 aliphatic heterocycles. The maximum absolute atomic E-state index is 13.7. The number of ether oxygens (including phenoxy) is 1. The zero-order valence-electron chi connectivity index (χ0n) is 10.8. The second kappa shape index (κ2) is 5.71. The molecule has 0 bridgehead atoms. The van der Waals surface area contributed by atoms with Gasteiger partial charge in [-0.3, -0.25) is 4.79 Å². The van der Waals surface area contributed by atoms with Crippen molar-refractivity contribution >= 4 is 21.7 Å². The number of Topliss-reactive ketones (excluding diaryl/α,β-unsaturated/α-hetero) is 1. The molecule has 2 aromatic rings. The van der Waals surface area contributed by atoms with Gasteiger partial charge in [0.1, 0.15) is 11.6 Å². The van der Waals surface area contributed by atoms with Crippen molar-refractivity contribution in [1.29, 1.82) is 0 Å². The SMILES string of the molecule is CC(=O)c1cc(F)c(C)cc1Oc1cc(Br)ccc1F. The van der Waals surface area contributed by atoms with Gasteiger partial charge in [-0.25, -0.2) is 8.78 Å². The first kappa shape index (κ1) is 14.7. The molecule has 0 aliphatic carbocycles. The Labute approximate surface area is 123 Å².